The van der Waals surface area contributed by atoms with Crippen LogP contribution in [-0.2, 0) is 0 Å². The van der Waals surface area contributed by atoms with Crippen molar-refractivity contribution in [3.8, 4) is 11.5 Å². The van der Waals surface area contributed by atoms with Gasteiger partial charge in [-0.15, -0.1) is 0 Å². The topological polar surface area (TPSA) is 46.5 Å². The fourth-order valence-corrected chi connectivity index (χ4v) is 2.06. The molecule has 0 spiro atoms. The third kappa shape index (κ3) is 1.80. The molecule has 1 aromatic rings. The van der Waals surface area contributed by atoms with E-state index in [1.54, 1.807) is 13.0 Å². The summed E-state index contributed by atoms with van der Waals surface area (Å²) in [6.07, 6.45) is 4.15. The molecule has 2 rings (SSSR count). The summed E-state index contributed by atoms with van der Waals surface area (Å²) >= 11 is 6.17. The summed E-state index contributed by atoms with van der Waals surface area (Å²) in [4.78, 5) is 10.9. The second-order valence-electron chi connectivity index (χ2n) is 4.60. The lowest BCUT2D eigenvalue weighted by Gasteiger charge is -2.29. The summed E-state index contributed by atoms with van der Waals surface area (Å²) in [6.45, 7) is 5.46. The highest BCUT2D eigenvalue weighted by atomic mass is 35.5. The number of aldehydes is 1. The van der Waals surface area contributed by atoms with Crippen LogP contribution in [0.4, 0.5) is 0 Å². The molecule has 0 saturated carbocycles. The molecule has 0 bridgehead atoms. The number of halogens is 1. The molecule has 0 aromatic heterocycles. The Morgan fingerprint density at radius 3 is 2.71 bits per heavy atom. The number of carbonyl (C=O) groups is 1. The number of fused-ring (bicyclic) bond motifs is 1. The van der Waals surface area contributed by atoms with Crippen molar-refractivity contribution in [2.45, 2.75) is 26.4 Å². The van der Waals surface area contributed by atoms with Gasteiger partial charge in [-0.3, -0.25) is 4.79 Å². The monoisotopic (exact) mass is 252 g/mol. The van der Waals surface area contributed by atoms with Crippen LogP contribution in [0.1, 0.15) is 35.3 Å². The smallest absolute Gasteiger partial charge is 0.154 e. The van der Waals surface area contributed by atoms with Crippen LogP contribution < -0.4 is 4.74 Å². The van der Waals surface area contributed by atoms with Crippen LogP contribution in [0.3, 0.4) is 0 Å². The maximum Gasteiger partial charge on any atom is 0.154 e. The number of hydrogen-bond donors (Lipinski definition) is 1. The first-order valence-electron chi connectivity index (χ1n) is 5.26. The molecule has 4 heteroatoms. The van der Waals surface area contributed by atoms with Crippen LogP contribution in [0.5, 0.6) is 11.5 Å². The fourth-order valence-electron chi connectivity index (χ4n) is 1.82. The first-order chi connectivity index (χ1) is 7.87. The molecule has 90 valence electrons. The highest BCUT2D eigenvalue weighted by Gasteiger charge is 2.28. The Bertz CT molecular complexity index is 530. The first-order valence-corrected chi connectivity index (χ1v) is 5.63. The fraction of sp³-hybridized carbons (Fsp3) is 0.308. The molecule has 0 radical (unpaired) electrons. The van der Waals surface area contributed by atoms with Gasteiger partial charge in [0.2, 0.25) is 0 Å². The van der Waals surface area contributed by atoms with E-state index < -0.39 is 5.60 Å². The van der Waals surface area contributed by atoms with Crippen LogP contribution >= 0.6 is 11.6 Å². The minimum Gasteiger partial charge on any atom is -0.506 e. The molecule has 0 amide bonds. The number of hydrogen-bond acceptors (Lipinski definition) is 3. The molecule has 1 aliphatic heterocycles. The van der Waals surface area contributed by atoms with E-state index in [1.165, 1.54) is 0 Å². The van der Waals surface area contributed by atoms with E-state index in [-0.39, 0.29) is 11.3 Å². The molecule has 1 N–H and O–H groups in total. The van der Waals surface area contributed by atoms with Gasteiger partial charge in [-0.1, -0.05) is 11.6 Å². The minimum atomic E-state index is -0.474. The van der Waals surface area contributed by atoms with Crippen LogP contribution in [0.2, 0.25) is 5.02 Å². The molecule has 0 aliphatic carbocycles. The van der Waals surface area contributed by atoms with Crippen LogP contribution in [0.15, 0.2) is 6.08 Å². The normalized spacial score (nSPS) is 16.2. The molecule has 3 nitrogen and oxygen atoms in total. The predicted octanol–water partition coefficient (Wildman–Crippen LogP) is 3.35. The lowest BCUT2D eigenvalue weighted by atomic mass is 9.97. The summed E-state index contributed by atoms with van der Waals surface area (Å²) in [5.74, 6) is 0.350. The van der Waals surface area contributed by atoms with E-state index >= 15 is 0 Å². The molecule has 17 heavy (non-hydrogen) atoms. The van der Waals surface area contributed by atoms with Crippen molar-refractivity contribution < 1.29 is 14.6 Å². The quantitative estimate of drug-likeness (QED) is 0.780. The molecule has 1 heterocycles. The zero-order valence-electron chi connectivity index (χ0n) is 9.87. The van der Waals surface area contributed by atoms with Gasteiger partial charge >= 0.3 is 0 Å². The zero-order valence-corrected chi connectivity index (χ0v) is 10.6. The lowest BCUT2D eigenvalue weighted by Crippen LogP contribution is -2.28. The van der Waals surface area contributed by atoms with Crippen LogP contribution in [0, 0.1) is 6.92 Å². The average Bonchev–Trinajstić information content (AvgIpc) is 2.26. The van der Waals surface area contributed by atoms with Gasteiger partial charge in [0.25, 0.3) is 0 Å². The predicted molar refractivity (Wildman–Crippen MR) is 67.0 cm³/mol. The van der Waals surface area contributed by atoms with E-state index in [1.807, 2.05) is 19.9 Å². The maximum absolute atomic E-state index is 10.9. The molecule has 0 fully saturated rings. The van der Waals surface area contributed by atoms with E-state index in [4.69, 9.17) is 16.3 Å². The Hall–Kier alpha value is -1.48. The number of benzene rings is 1. The Labute approximate surface area is 105 Å². The van der Waals surface area contributed by atoms with Gasteiger partial charge in [-0.2, -0.15) is 0 Å². The average molecular weight is 253 g/mol. The van der Waals surface area contributed by atoms with Gasteiger partial charge in [0.1, 0.15) is 17.1 Å². The van der Waals surface area contributed by atoms with Crippen molar-refractivity contribution in [1.29, 1.82) is 0 Å². The van der Waals surface area contributed by atoms with Crippen LogP contribution in [0.25, 0.3) is 6.08 Å². The van der Waals surface area contributed by atoms with Gasteiger partial charge in [0.05, 0.1) is 16.1 Å². The van der Waals surface area contributed by atoms with Crippen molar-refractivity contribution in [1.82, 2.24) is 0 Å². The molecule has 0 atom stereocenters. The Morgan fingerprint density at radius 1 is 1.47 bits per heavy atom. The molecular weight excluding hydrogens is 240 g/mol. The summed E-state index contributed by atoms with van der Waals surface area (Å²) < 4.78 is 5.72. The molecule has 1 aliphatic rings. The van der Waals surface area contributed by atoms with E-state index in [0.29, 0.717) is 28.2 Å². The second kappa shape index (κ2) is 3.77. The van der Waals surface area contributed by atoms with Gasteiger partial charge < -0.3 is 9.84 Å². The third-order valence-electron chi connectivity index (χ3n) is 2.82. The van der Waals surface area contributed by atoms with Crippen LogP contribution in [-0.4, -0.2) is 17.0 Å². The van der Waals surface area contributed by atoms with E-state index in [0.717, 1.165) is 0 Å². The highest BCUT2D eigenvalue weighted by molar-refractivity contribution is 6.33. The number of ether oxygens (including phenoxy) is 1. The van der Waals surface area contributed by atoms with Gasteiger partial charge in [-0.25, -0.2) is 0 Å². The summed E-state index contributed by atoms with van der Waals surface area (Å²) in [7, 11) is 0. The summed E-state index contributed by atoms with van der Waals surface area (Å²) in [6, 6.07) is 0. The number of phenolic OH excluding ortho intramolecular Hbond substituents is 1. The molecule has 1 aromatic carbocycles. The lowest BCUT2D eigenvalue weighted by molar-refractivity contribution is 0.112. The Balaban J connectivity index is 2.76. The minimum absolute atomic E-state index is 0.0800. The number of carbonyl (C=O) groups excluding carboxylic acids is 1. The molecule has 0 saturated heterocycles. The maximum atomic E-state index is 10.9. The summed E-state index contributed by atoms with van der Waals surface area (Å²) in [5, 5.41) is 10.4. The van der Waals surface area contributed by atoms with Crippen molar-refractivity contribution in [3.05, 3.63) is 27.8 Å². The molecular formula is C13H13ClO3. The first kappa shape index (κ1) is 12.0. The number of phenols is 1. The standard InChI is InChI=1S/C13H13ClO3/c1-7-9(6-15)11(16)8-4-5-13(2,3)17-12(8)10(7)14/h4-6,16H,1-3H3. The number of aromatic hydroxyl groups is 1. The van der Waals surface area contributed by atoms with Crippen molar-refractivity contribution in [3.63, 3.8) is 0 Å². The van der Waals surface area contributed by atoms with Crippen molar-refractivity contribution >= 4 is 24.0 Å². The zero-order chi connectivity index (χ0) is 12.8. The Morgan fingerprint density at radius 2 is 2.12 bits per heavy atom. The van der Waals surface area contributed by atoms with E-state index in [2.05, 4.69) is 0 Å². The second-order valence-corrected chi connectivity index (χ2v) is 4.98. The SMILES string of the molecule is Cc1c(Cl)c2c(c(O)c1C=O)C=CC(C)(C)O2. The van der Waals surface area contributed by atoms with Gasteiger partial charge in [0.15, 0.2) is 6.29 Å². The largest absolute Gasteiger partial charge is 0.506 e. The highest BCUT2D eigenvalue weighted by Crippen LogP contribution is 2.45. The number of rotatable bonds is 1. The van der Waals surface area contributed by atoms with Crippen molar-refractivity contribution in [2.75, 3.05) is 0 Å². The van der Waals surface area contributed by atoms with Gasteiger partial charge in [-0.05, 0) is 38.5 Å². The molecule has 0 unspecified atom stereocenters. The van der Waals surface area contributed by atoms with E-state index in [9.17, 15) is 9.90 Å². The summed E-state index contributed by atoms with van der Waals surface area (Å²) in [5.41, 5.74) is 0.728. The van der Waals surface area contributed by atoms with Crippen molar-refractivity contribution in [2.24, 2.45) is 0 Å². The Kier molecular flexibility index (Phi) is 2.66. The van der Waals surface area contributed by atoms with Gasteiger partial charge in [0, 0.05) is 0 Å². The third-order valence-corrected chi connectivity index (χ3v) is 3.28.